The molecule has 0 fully saturated rings. The van der Waals surface area contributed by atoms with Gasteiger partial charge in [-0.2, -0.15) is 0 Å². The summed E-state index contributed by atoms with van der Waals surface area (Å²) in [4.78, 5) is 17.5. The standard InChI is InChI=1S/C22H25N3O3/c1-5-27-19-13-12-17(20(14-19)28-6-2)15-23-21-16(3)24(4)25(22(21)26)18-10-8-7-9-11-18/h7-15H,5-6H2,1-4H3. The predicted octanol–water partition coefficient (Wildman–Crippen LogP) is 4.03. The molecule has 0 radical (unpaired) electrons. The molecule has 6 nitrogen and oxygen atoms in total. The van der Waals surface area contributed by atoms with Crippen LogP contribution in [-0.2, 0) is 7.05 Å². The van der Waals surface area contributed by atoms with Crippen LogP contribution in [0.15, 0.2) is 58.3 Å². The van der Waals surface area contributed by atoms with Gasteiger partial charge in [0.15, 0.2) is 5.69 Å². The zero-order valence-corrected chi connectivity index (χ0v) is 16.7. The SMILES string of the molecule is CCOc1ccc(C=Nc2c(C)n(C)n(-c3ccccc3)c2=O)c(OCC)c1. The summed E-state index contributed by atoms with van der Waals surface area (Å²) in [6.45, 7) is 6.86. The van der Waals surface area contributed by atoms with Gasteiger partial charge in [-0.3, -0.25) is 9.48 Å². The molecule has 0 saturated heterocycles. The molecule has 0 aliphatic rings. The van der Waals surface area contributed by atoms with Crippen molar-refractivity contribution in [1.29, 1.82) is 0 Å². The number of ether oxygens (including phenoxy) is 2. The van der Waals surface area contributed by atoms with E-state index in [9.17, 15) is 4.79 Å². The summed E-state index contributed by atoms with van der Waals surface area (Å²) < 4.78 is 14.7. The summed E-state index contributed by atoms with van der Waals surface area (Å²) in [5.74, 6) is 1.42. The Labute approximate surface area is 164 Å². The first-order valence-corrected chi connectivity index (χ1v) is 9.34. The van der Waals surface area contributed by atoms with E-state index in [0.717, 1.165) is 22.7 Å². The Morgan fingerprint density at radius 1 is 1.04 bits per heavy atom. The van der Waals surface area contributed by atoms with Gasteiger partial charge < -0.3 is 9.47 Å². The Hall–Kier alpha value is -3.28. The summed E-state index contributed by atoms with van der Waals surface area (Å²) in [5.41, 5.74) is 2.62. The normalized spacial score (nSPS) is 11.1. The van der Waals surface area contributed by atoms with Crippen LogP contribution in [0.2, 0.25) is 0 Å². The molecule has 3 rings (SSSR count). The lowest BCUT2D eigenvalue weighted by Crippen LogP contribution is -2.19. The molecule has 0 aliphatic heterocycles. The topological polar surface area (TPSA) is 57.8 Å². The highest BCUT2D eigenvalue weighted by Crippen LogP contribution is 2.25. The molecule has 0 amide bonds. The maximum absolute atomic E-state index is 13.0. The number of para-hydroxylation sites is 1. The van der Waals surface area contributed by atoms with E-state index in [1.807, 2.05) is 81.0 Å². The third kappa shape index (κ3) is 3.86. The Morgan fingerprint density at radius 3 is 2.43 bits per heavy atom. The van der Waals surface area contributed by atoms with Gasteiger partial charge in [0, 0.05) is 24.9 Å². The van der Waals surface area contributed by atoms with Gasteiger partial charge in [-0.05, 0) is 45.0 Å². The van der Waals surface area contributed by atoms with E-state index in [1.54, 1.807) is 10.9 Å². The largest absolute Gasteiger partial charge is 0.494 e. The van der Waals surface area contributed by atoms with E-state index in [-0.39, 0.29) is 5.56 Å². The van der Waals surface area contributed by atoms with E-state index in [0.29, 0.717) is 24.7 Å². The fourth-order valence-corrected chi connectivity index (χ4v) is 3.00. The van der Waals surface area contributed by atoms with E-state index in [1.165, 1.54) is 0 Å². The quantitative estimate of drug-likeness (QED) is 0.582. The fraction of sp³-hybridized carbons (Fsp3) is 0.273. The predicted molar refractivity (Wildman–Crippen MR) is 112 cm³/mol. The highest BCUT2D eigenvalue weighted by molar-refractivity contribution is 5.86. The Bertz CT molecular complexity index is 1030. The summed E-state index contributed by atoms with van der Waals surface area (Å²) in [6.07, 6.45) is 1.67. The third-order valence-electron chi connectivity index (χ3n) is 4.45. The lowest BCUT2D eigenvalue weighted by molar-refractivity contribution is 0.323. The average molecular weight is 379 g/mol. The van der Waals surface area contributed by atoms with Crippen LogP contribution in [0, 0.1) is 6.92 Å². The van der Waals surface area contributed by atoms with Gasteiger partial charge in [0.05, 0.1) is 24.6 Å². The highest BCUT2D eigenvalue weighted by Gasteiger charge is 2.15. The molecule has 0 bridgehead atoms. The molecule has 2 aromatic carbocycles. The van der Waals surface area contributed by atoms with Gasteiger partial charge in [-0.15, -0.1) is 0 Å². The number of hydrogen-bond acceptors (Lipinski definition) is 4. The zero-order valence-electron chi connectivity index (χ0n) is 16.7. The van der Waals surface area contributed by atoms with Gasteiger partial charge in [-0.1, -0.05) is 18.2 Å². The molecule has 3 aromatic rings. The Balaban J connectivity index is 2.01. The fourth-order valence-electron chi connectivity index (χ4n) is 3.00. The van der Waals surface area contributed by atoms with E-state index < -0.39 is 0 Å². The minimum Gasteiger partial charge on any atom is -0.494 e. The summed E-state index contributed by atoms with van der Waals surface area (Å²) in [7, 11) is 1.85. The van der Waals surface area contributed by atoms with Crippen molar-refractivity contribution in [3.63, 3.8) is 0 Å². The van der Waals surface area contributed by atoms with Crippen molar-refractivity contribution in [1.82, 2.24) is 9.36 Å². The van der Waals surface area contributed by atoms with Crippen LogP contribution in [0.4, 0.5) is 5.69 Å². The first kappa shape index (κ1) is 19.5. The van der Waals surface area contributed by atoms with Crippen LogP contribution < -0.4 is 15.0 Å². The molecule has 1 aromatic heterocycles. The molecule has 0 spiro atoms. The second kappa shape index (κ2) is 8.61. The Kier molecular flexibility index (Phi) is 5.99. The molecule has 0 unspecified atom stereocenters. The van der Waals surface area contributed by atoms with Crippen molar-refractivity contribution in [3.8, 4) is 17.2 Å². The van der Waals surface area contributed by atoms with Crippen molar-refractivity contribution in [2.45, 2.75) is 20.8 Å². The van der Waals surface area contributed by atoms with Crippen molar-refractivity contribution in [3.05, 3.63) is 70.1 Å². The van der Waals surface area contributed by atoms with Crippen LogP contribution in [0.3, 0.4) is 0 Å². The van der Waals surface area contributed by atoms with Crippen LogP contribution in [-0.4, -0.2) is 28.8 Å². The molecular weight excluding hydrogens is 354 g/mol. The van der Waals surface area contributed by atoms with Gasteiger partial charge in [-0.25, -0.2) is 9.67 Å². The second-order valence-corrected chi connectivity index (χ2v) is 6.23. The lowest BCUT2D eigenvalue weighted by atomic mass is 10.2. The van der Waals surface area contributed by atoms with Gasteiger partial charge in [0.2, 0.25) is 0 Å². The number of aliphatic imine (C=N–C) groups is 1. The summed E-state index contributed by atoms with van der Waals surface area (Å²) in [6, 6.07) is 15.1. The lowest BCUT2D eigenvalue weighted by Gasteiger charge is -2.09. The molecule has 0 atom stereocenters. The van der Waals surface area contributed by atoms with Crippen LogP contribution >= 0.6 is 0 Å². The number of aromatic nitrogens is 2. The van der Waals surface area contributed by atoms with Gasteiger partial charge in [0.1, 0.15) is 11.5 Å². The first-order chi connectivity index (χ1) is 13.6. The molecule has 0 aliphatic carbocycles. The highest BCUT2D eigenvalue weighted by atomic mass is 16.5. The number of nitrogens with zero attached hydrogens (tertiary/aromatic N) is 3. The molecule has 6 heteroatoms. The van der Waals surface area contributed by atoms with Crippen molar-refractivity contribution in [2.24, 2.45) is 12.0 Å². The van der Waals surface area contributed by atoms with Crippen LogP contribution in [0.5, 0.6) is 11.5 Å². The molecule has 0 N–H and O–H groups in total. The summed E-state index contributed by atoms with van der Waals surface area (Å²) >= 11 is 0. The van der Waals surface area contributed by atoms with Crippen molar-refractivity contribution >= 4 is 11.9 Å². The first-order valence-electron chi connectivity index (χ1n) is 9.34. The number of rotatable bonds is 7. The van der Waals surface area contributed by atoms with Crippen LogP contribution in [0.25, 0.3) is 5.69 Å². The summed E-state index contributed by atoms with van der Waals surface area (Å²) in [5, 5.41) is 0. The molecule has 0 saturated carbocycles. The monoisotopic (exact) mass is 379 g/mol. The maximum Gasteiger partial charge on any atom is 0.297 e. The molecule has 146 valence electrons. The van der Waals surface area contributed by atoms with E-state index in [2.05, 4.69) is 4.99 Å². The smallest absolute Gasteiger partial charge is 0.297 e. The number of hydrogen-bond donors (Lipinski definition) is 0. The zero-order chi connectivity index (χ0) is 20.1. The maximum atomic E-state index is 13.0. The van der Waals surface area contributed by atoms with Crippen LogP contribution in [0.1, 0.15) is 25.1 Å². The average Bonchev–Trinajstić information content (AvgIpc) is 2.91. The van der Waals surface area contributed by atoms with Crippen molar-refractivity contribution in [2.75, 3.05) is 13.2 Å². The second-order valence-electron chi connectivity index (χ2n) is 6.23. The third-order valence-corrected chi connectivity index (χ3v) is 4.45. The molecule has 28 heavy (non-hydrogen) atoms. The minimum absolute atomic E-state index is 0.161. The minimum atomic E-state index is -0.161. The number of benzene rings is 2. The van der Waals surface area contributed by atoms with Gasteiger partial charge in [0.25, 0.3) is 5.56 Å². The van der Waals surface area contributed by atoms with E-state index >= 15 is 0 Å². The van der Waals surface area contributed by atoms with Gasteiger partial charge >= 0.3 is 0 Å². The molecular formula is C22H25N3O3. The van der Waals surface area contributed by atoms with Crippen molar-refractivity contribution < 1.29 is 9.47 Å². The molecule has 1 heterocycles. The van der Waals surface area contributed by atoms with E-state index in [4.69, 9.17) is 9.47 Å². The Morgan fingerprint density at radius 2 is 1.75 bits per heavy atom.